The van der Waals surface area contributed by atoms with Crippen LogP contribution in [0.1, 0.15) is 23.6 Å². The molecule has 132 valence electrons. The van der Waals surface area contributed by atoms with Gasteiger partial charge in [-0.1, -0.05) is 31.2 Å². The SMILES string of the molecule is CCc1cccc(OCC(=O)Nc2ccc(Cc3ccncc3)cc2)c1. The molecule has 0 bridgehead atoms. The van der Waals surface area contributed by atoms with Crippen LogP contribution in [0.25, 0.3) is 0 Å². The third-order valence-electron chi connectivity index (χ3n) is 4.07. The van der Waals surface area contributed by atoms with Crippen molar-refractivity contribution in [2.24, 2.45) is 0 Å². The van der Waals surface area contributed by atoms with E-state index >= 15 is 0 Å². The van der Waals surface area contributed by atoms with Crippen LogP contribution in [0.2, 0.25) is 0 Å². The number of rotatable bonds is 7. The van der Waals surface area contributed by atoms with Crippen LogP contribution in [0, 0.1) is 0 Å². The van der Waals surface area contributed by atoms with Gasteiger partial charge in [0.15, 0.2) is 6.61 Å². The Morgan fingerprint density at radius 1 is 0.962 bits per heavy atom. The van der Waals surface area contributed by atoms with Crippen molar-refractivity contribution in [3.63, 3.8) is 0 Å². The predicted octanol–water partition coefficient (Wildman–Crippen LogP) is 4.25. The summed E-state index contributed by atoms with van der Waals surface area (Å²) >= 11 is 0. The molecule has 0 aliphatic carbocycles. The van der Waals surface area contributed by atoms with Crippen LogP contribution in [0.3, 0.4) is 0 Å². The topological polar surface area (TPSA) is 51.2 Å². The minimum atomic E-state index is -0.172. The maximum atomic E-state index is 12.1. The summed E-state index contributed by atoms with van der Waals surface area (Å²) in [5.74, 6) is 0.543. The molecule has 0 aliphatic rings. The molecule has 0 aliphatic heterocycles. The zero-order chi connectivity index (χ0) is 18.2. The number of nitrogens with one attached hydrogen (secondary N) is 1. The summed E-state index contributed by atoms with van der Waals surface area (Å²) in [6.45, 7) is 2.08. The Kier molecular flexibility index (Phi) is 5.99. The summed E-state index contributed by atoms with van der Waals surface area (Å²) < 4.78 is 5.57. The molecule has 4 heteroatoms. The number of carbonyl (C=O) groups is 1. The van der Waals surface area contributed by atoms with Crippen molar-refractivity contribution in [2.45, 2.75) is 19.8 Å². The van der Waals surface area contributed by atoms with Crippen LogP contribution < -0.4 is 10.1 Å². The highest BCUT2D eigenvalue weighted by atomic mass is 16.5. The monoisotopic (exact) mass is 346 g/mol. The highest BCUT2D eigenvalue weighted by Gasteiger charge is 2.05. The molecule has 1 aromatic heterocycles. The van der Waals surface area contributed by atoms with Crippen LogP contribution in [0.4, 0.5) is 5.69 Å². The molecular formula is C22H22N2O2. The number of nitrogens with zero attached hydrogens (tertiary/aromatic N) is 1. The number of anilines is 1. The number of aryl methyl sites for hydroxylation is 1. The molecule has 2 aromatic carbocycles. The van der Waals surface area contributed by atoms with Crippen LogP contribution in [0.15, 0.2) is 73.1 Å². The Labute approximate surface area is 153 Å². The molecule has 3 aromatic rings. The third kappa shape index (κ3) is 5.18. The molecule has 0 unspecified atom stereocenters. The average molecular weight is 346 g/mol. The summed E-state index contributed by atoms with van der Waals surface area (Å²) in [5.41, 5.74) is 4.34. The van der Waals surface area contributed by atoms with Gasteiger partial charge in [-0.05, 0) is 65.9 Å². The summed E-state index contributed by atoms with van der Waals surface area (Å²) in [7, 11) is 0. The Bertz CT molecular complexity index is 846. The van der Waals surface area contributed by atoms with E-state index in [1.807, 2.05) is 60.7 Å². The van der Waals surface area contributed by atoms with Crippen LogP contribution in [-0.4, -0.2) is 17.5 Å². The first-order valence-corrected chi connectivity index (χ1v) is 8.72. The zero-order valence-corrected chi connectivity index (χ0v) is 14.8. The molecule has 0 spiro atoms. The highest BCUT2D eigenvalue weighted by molar-refractivity contribution is 5.91. The van der Waals surface area contributed by atoms with Gasteiger partial charge in [-0.25, -0.2) is 0 Å². The first-order valence-electron chi connectivity index (χ1n) is 8.72. The molecule has 4 nitrogen and oxygen atoms in total. The summed E-state index contributed by atoms with van der Waals surface area (Å²) in [5, 5.41) is 2.86. The third-order valence-corrected chi connectivity index (χ3v) is 4.07. The highest BCUT2D eigenvalue weighted by Crippen LogP contribution is 2.15. The van der Waals surface area contributed by atoms with Crippen molar-refractivity contribution in [2.75, 3.05) is 11.9 Å². The number of ether oxygens (including phenoxy) is 1. The van der Waals surface area contributed by atoms with E-state index in [9.17, 15) is 4.79 Å². The van der Waals surface area contributed by atoms with Crippen molar-refractivity contribution in [1.82, 2.24) is 4.98 Å². The van der Waals surface area contributed by atoms with E-state index < -0.39 is 0 Å². The van der Waals surface area contributed by atoms with E-state index in [4.69, 9.17) is 4.74 Å². The van der Waals surface area contributed by atoms with Gasteiger partial charge < -0.3 is 10.1 Å². The first kappa shape index (κ1) is 17.7. The van der Waals surface area contributed by atoms with Crippen molar-refractivity contribution in [3.8, 4) is 5.75 Å². The van der Waals surface area contributed by atoms with Crippen LogP contribution in [-0.2, 0) is 17.6 Å². The molecule has 1 heterocycles. The fourth-order valence-electron chi connectivity index (χ4n) is 2.64. The molecule has 1 N–H and O–H groups in total. The fraction of sp³-hybridized carbons (Fsp3) is 0.182. The lowest BCUT2D eigenvalue weighted by molar-refractivity contribution is -0.118. The van der Waals surface area contributed by atoms with Crippen molar-refractivity contribution in [1.29, 1.82) is 0 Å². The molecule has 0 saturated carbocycles. The van der Waals surface area contributed by atoms with Gasteiger partial charge in [-0.2, -0.15) is 0 Å². The van der Waals surface area contributed by atoms with E-state index in [0.717, 1.165) is 18.5 Å². The molecule has 0 atom stereocenters. The second kappa shape index (κ2) is 8.81. The second-order valence-electron chi connectivity index (χ2n) is 6.07. The van der Waals surface area contributed by atoms with Crippen molar-refractivity contribution in [3.05, 3.63) is 89.7 Å². The molecule has 0 saturated heterocycles. The van der Waals surface area contributed by atoms with Gasteiger partial charge >= 0.3 is 0 Å². The number of aromatic nitrogens is 1. The predicted molar refractivity (Wildman–Crippen MR) is 103 cm³/mol. The summed E-state index contributed by atoms with van der Waals surface area (Å²) in [4.78, 5) is 16.1. The van der Waals surface area contributed by atoms with Gasteiger partial charge in [0.2, 0.25) is 0 Å². The Morgan fingerprint density at radius 2 is 1.69 bits per heavy atom. The second-order valence-corrected chi connectivity index (χ2v) is 6.07. The van der Waals surface area contributed by atoms with Crippen LogP contribution in [0.5, 0.6) is 5.75 Å². The van der Waals surface area contributed by atoms with Gasteiger partial charge in [0.1, 0.15) is 5.75 Å². The smallest absolute Gasteiger partial charge is 0.262 e. The van der Waals surface area contributed by atoms with Crippen molar-refractivity contribution >= 4 is 11.6 Å². The van der Waals surface area contributed by atoms with E-state index in [-0.39, 0.29) is 12.5 Å². The zero-order valence-electron chi connectivity index (χ0n) is 14.8. The van der Waals surface area contributed by atoms with E-state index in [1.54, 1.807) is 12.4 Å². The number of benzene rings is 2. The quantitative estimate of drug-likeness (QED) is 0.696. The van der Waals surface area contributed by atoms with Gasteiger partial charge in [0.05, 0.1) is 0 Å². The fourth-order valence-corrected chi connectivity index (χ4v) is 2.64. The standard InChI is InChI=1S/C22H22N2O2/c1-2-17-4-3-5-21(15-17)26-16-22(25)24-20-8-6-18(7-9-20)14-19-10-12-23-13-11-19/h3-13,15H,2,14,16H2,1H3,(H,24,25). The lowest BCUT2D eigenvalue weighted by atomic mass is 10.1. The maximum Gasteiger partial charge on any atom is 0.262 e. The Morgan fingerprint density at radius 3 is 2.42 bits per heavy atom. The summed E-state index contributed by atoms with van der Waals surface area (Å²) in [6, 6.07) is 19.7. The maximum absolute atomic E-state index is 12.1. The lowest BCUT2D eigenvalue weighted by Crippen LogP contribution is -2.20. The van der Waals surface area contributed by atoms with Crippen molar-refractivity contribution < 1.29 is 9.53 Å². The minimum absolute atomic E-state index is 0.00800. The Balaban J connectivity index is 1.51. The molecule has 3 rings (SSSR count). The summed E-state index contributed by atoms with van der Waals surface area (Å²) in [6.07, 6.45) is 5.36. The molecule has 1 amide bonds. The lowest BCUT2D eigenvalue weighted by Gasteiger charge is -2.09. The van der Waals surface area contributed by atoms with Gasteiger partial charge in [0.25, 0.3) is 5.91 Å². The van der Waals surface area contributed by atoms with Gasteiger partial charge in [-0.3, -0.25) is 9.78 Å². The molecule has 0 radical (unpaired) electrons. The Hall–Kier alpha value is -3.14. The normalized spacial score (nSPS) is 10.3. The number of hydrogen-bond acceptors (Lipinski definition) is 3. The average Bonchev–Trinajstić information content (AvgIpc) is 2.69. The molecular weight excluding hydrogens is 324 g/mol. The molecule has 0 fully saturated rings. The largest absolute Gasteiger partial charge is 0.484 e. The van der Waals surface area contributed by atoms with Gasteiger partial charge in [-0.15, -0.1) is 0 Å². The van der Waals surface area contributed by atoms with Crippen LogP contribution >= 0.6 is 0 Å². The van der Waals surface area contributed by atoms with E-state index in [0.29, 0.717) is 5.75 Å². The number of carbonyl (C=O) groups excluding carboxylic acids is 1. The van der Waals surface area contributed by atoms with Gasteiger partial charge in [0, 0.05) is 18.1 Å². The minimum Gasteiger partial charge on any atom is -0.484 e. The van der Waals surface area contributed by atoms with E-state index in [2.05, 4.69) is 17.2 Å². The number of pyridine rings is 1. The molecule has 26 heavy (non-hydrogen) atoms. The first-order chi connectivity index (χ1) is 12.7. The number of hydrogen-bond donors (Lipinski definition) is 1. The number of amides is 1. The van der Waals surface area contributed by atoms with E-state index in [1.165, 1.54) is 16.7 Å².